The van der Waals surface area contributed by atoms with Gasteiger partial charge in [-0.15, -0.1) is 10.2 Å². The summed E-state index contributed by atoms with van der Waals surface area (Å²) in [5, 5.41) is 14.1. The number of amides is 3. The molecule has 2 aromatic carbocycles. The molecule has 3 aromatic rings. The van der Waals surface area contributed by atoms with E-state index in [2.05, 4.69) is 20.8 Å². The van der Waals surface area contributed by atoms with Crippen LogP contribution in [0.15, 0.2) is 47.6 Å². The fourth-order valence-electron chi connectivity index (χ4n) is 2.83. The number of aryl methyl sites for hydroxylation is 2. The minimum atomic E-state index is -0.553. The van der Waals surface area contributed by atoms with Crippen molar-refractivity contribution in [3.63, 3.8) is 0 Å². The molecule has 0 bridgehead atoms. The smallest absolute Gasteiger partial charge is 0.307 e. The summed E-state index contributed by atoms with van der Waals surface area (Å²) in [7, 11) is 1.86. The van der Waals surface area contributed by atoms with Gasteiger partial charge in [0.1, 0.15) is 0 Å². The largest absolute Gasteiger partial charge is 0.325 e. The van der Waals surface area contributed by atoms with Gasteiger partial charge in [0.05, 0.1) is 5.75 Å². The molecule has 3 amide bonds. The van der Waals surface area contributed by atoms with E-state index >= 15 is 0 Å². The van der Waals surface area contributed by atoms with E-state index in [4.69, 9.17) is 0 Å². The van der Waals surface area contributed by atoms with Crippen molar-refractivity contribution < 1.29 is 9.59 Å². The van der Waals surface area contributed by atoms with E-state index in [1.54, 1.807) is 6.07 Å². The van der Waals surface area contributed by atoms with Gasteiger partial charge >= 0.3 is 6.03 Å². The van der Waals surface area contributed by atoms with Crippen molar-refractivity contribution in [2.75, 3.05) is 11.1 Å². The third kappa shape index (κ3) is 4.83. The molecule has 1 heterocycles. The minimum absolute atomic E-state index is 0.0555. The molecular weight excluding hydrogens is 386 g/mol. The van der Waals surface area contributed by atoms with Crippen molar-refractivity contribution in [1.29, 1.82) is 0 Å². The second kappa shape index (κ2) is 8.91. The summed E-state index contributed by atoms with van der Waals surface area (Å²) in [4.78, 5) is 24.3. The van der Waals surface area contributed by atoms with Gasteiger partial charge in [0.15, 0.2) is 11.0 Å². The van der Waals surface area contributed by atoms with Gasteiger partial charge in [-0.1, -0.05) is 48.2 Å². The van der Waals surface area contributed by atoms with Gasteiger partial charge < -0.3 is 9.88 Å². The number of nitrogens with one attached hydrogen (secondary N) is 2. The third-order valence-corrected chi connectivity index (χ3v) is 5.68. The predicted molar refractivity (Wildman–Crippen MR) is 115 cm³/mol. The lowest BCUT2D eigenvalue weighted by Gasteiger charge is -2.10. The van der Waals surface area contributed by atoms with E-state index < -0.39 is 11.9 Å². The number of anilines is 1. The number of hydrogen-bond donors (Lipinski definition) is 2. The van der Waals surface area contributed by atoms with E-state index in [9.17, 15) is 9.59 Å². The quantitative estimate of drug-likeness (QED) is 0.625. The first-order valence-electron chi connectivity index (χ1n) is 9.12. The van der Waals surface area contributed by atoms with E-state index in [1.807, 2.05) is 68.8 Å². The van der Waals surface area contributed by atoms with Crippen LogP contribution in [0.2, 0.25) is 0 Å². The molecule has 2 N–H and O–H groups in total. The molecule has 150 valence electrons. The van der Waals surface area contributed by atoms with E-state index in [0.717, 1.165) is 28.1 Å². The first-order chi connectivity index (χ1) is 13.9. The Morgan fingerprint density at radius 1 is 1.00 bits per heavy atom. The number of aromatic nitrogens is 3. The zero-order valence-corrected chi connectivity index (χ0v) is 17.6. The van der Waals surface area contributed by atoms with Gasteiger partial charge in [-0.2, -0.15) is 0 Å². The minimum Gasteiger partial charge on any atom is -0.307 e. The number of hydrogen-bond acceptors (Lipinski definition) is 5. The molecule has 1 aromatic heterocycles. The van der Waals surface area contributed by atoms with Crippen molar-refractivity contribution in [3.8, 4) is 11.4 Å². The van der Waals surface area contributed by atoms with E-state index in [-0.39, 0.29) is 5.75 Å². The molecule has 3 rings (SSSR count). The highest BCUT2D eigenvalue weighted by atomic mass is 32.2. The first-order valence-corrected chi connectivity index (χ1v) is 10.1. The van der Waals surface area contributed by atoms with Crippen LogP contribution in [-0.4, -0.2) is 32.5 Å². The number of rotatable bonds is 5. The van der Waals surface area contributed by atoms with Crippen LogP contribution in [0.5, 0.6) is 0 Å². The highest BCUT2D eigenvalue weighted by molar-refractivity contribution is 7.99. The molecule has 29 heavy (non-hydrogen) atoms. The van der Waals surface area contributed by atoms with Gasteiger partial charge in [-0.05, 0) is 43.5 Å². The molecule has 0 aliphatic carbocycles. The first kappa shape index (κ1) is 20.6. The lowest BCUT2D eigenvalue weighted by molar-refractivity contribution is -0.117. The molecule has 8 heteroatoms. The SMILES string of the molecule is Cc1ccccc1-c1nnc(SCC(=O)NC(=O)Nc2cccc(C)c2C)n1C. The maximum Gasteiger partial charge on any atom is 0.325 e. The predicted octanol–water partition coefficient (Wildman–Crippen LogP) is 3.85. The van der Waals surface area contributed by atoms with Gasteiger partial charge in [0.25, 0.3) is 0 Å². The lowest BCUT2D eigenvalue weighted by Crippen LogP contribution is -2.35. The van der Waals surface area contributed by atoms with E-state index in [0.29, 0.717) is 10.8 Å². The molecule has 0 unspecified atom stereocenters. The molecule has 7 nitrogen and oxygen atoms in total. The van der Waals surface area contributed by atoms with Crippen LogP contribution in [-0.2, 0) is 11.8 Å². The average molecular weight is 410 g/mol. The van der Waals surface area contributed by atoms with Gasteiger partial charge in [-0.25, -0.2) is 4.79 Å². The fourth-order valence-corrected chi connectivity index (χ4v) is 3.54. The summed E-state index contributed by atoms with van der Waals surface area (Å²) in [6.45, 7) is 5.90. The molecule has 0 fully saturated rings. The Morgan fingerprint density at radius 3 is 2.48 bits per heavy atom. The number of imide groups is 1. The summed E-state index contributed by atoms with van der Waals surface area (Å²) >= 11 is 1.23. The van der Waals surface area contributed by atoms with Crippen LogP contribution in [0, 0.1) is 20.8 Å². The second-order valence-corrected chi connectivity index (χ2v) is 7.66. The van der Waals surface area contributed by atoms with Crippen LogP contribution in [0.1, 0.15) is 16.7 Å². The number of nitrogens with zero attached hydrogens (tertiary/aromatic N) is 3. The summed E-state index contributed by atoms with van der Waals surface area (Å²) < 4.78 is 1.84. The molecular formula is C21H23N5O2S. The maximum atomic E-state index is 12.2. The van der Waals surface area contributed by atoms with Crippen LogP contribution < -0.4 is 10.6 Å². The molecule has 0 atom stereocenters. The number of carbonyl (C=O) groups excluding carboxylic acids is 2. The van der Waals surface area contributed by atoms with Crippen LogP contribution >= 0.6 is 11.8 Å². The third-order valence-electron chi connectivity index (χ3n) is 4.66. The lowest BCUT2D eigenvalue weighted by atomic mass is 10.1. The van der Waals surface area contributed by atoms with Crippen LogP contribution in [0.4, 0.5) is 10.5 Å². The zero-order valence-electron chi connectivity index (χ0n) is 16.8. The topological polar surface area (TPSA) is 88.9 Å². The van der Waals surface area contributed by atoms with Crippen LogP contribution in [0.25, 0.3) is 11.4 Å². The number of urea groups is 1. The number of benzene rings is 2. The van der Waals surface area contributed by atoms with Crippen molar-refractivity contribution >= 4 is 29.4 Å². The highest BCUT2D eigenvalue weighted by Crippen LogP contribution is 2.25. The maximum absolute atomic E-state index is 12.2. The normalized spacial score (nSPS) is 10.6. The molecule has 0 aliphatic heterocycles. The van der Waals surface area contributed by atoms with Crippen molar-refractivity contribution in [2.24, 2.45) is 7.05 Å². The standard InChI is InChI=1S/C21H23N5O2S/c1-13-9-7-11-17(15(13)3)22-20(28)23-18(27)12-29-21-25-24-19(26(21)4)16-10-6-5-8-14(16)2/h5-11H,12H2,1-4H3,(H2,22,23,27,28). The van der Waals surface area contributed by atoms with Crippen molar-refractivity contribution in [3.05, 3.63) is 59.2 Å². The molecule has 0 saturated heterocycles. The zero-order chi connectivity index (χ0) is 21.0. The fraction of sp³-hybridized carbons (Fsp3) is 0.238. The van der Waals surface area contributed by atoms with Gasteiger partial charge in [0.2, 0.25) is 5.91 Å². The molecule has 0 radical (unpaired) electrons. The Morgan fingerprint density at radius 2 is 1.72 bits per heavy atom. The van der Waals surface area contributed by atoms with Crippen molar-refractivity contribution in [2.45, 2.75) is 25.9 Å². The Balaban J connectivity index is 1.58. The Hall–Kier alpha value is -3.13. The molecule has 0 aliphatic rings. The van der Waals surface area contributed by atoms with Crippen LogP contribution in [0.3, 0.4) is 0 Å². The summed E-state index contributed by atoms with van der Waals surface area (Å²) in [6.07, 6.45) is 0. The highest BCUT2D eigenvalue weighted by Gasteiger charge is 2.15. The average Bonchev–Trinajstić information content (AvgIpc) is 3.04. The van der Waals surface area contributed by atoms with Gasteiger partial charge in [-0.3, -0.25) is 10.1 Å². The second-order valence-electron chi connectivity index (χ2n) is 6.72. The molecule has 0 saturated carbocycles. The Kier molecular flexibility index (Phi) is 6.33. The summed E-state index contributed by atoms with van der Waals surface area (Å²) in [5.74, 6) is 0.386. The van der Waals surface area contributed by atoms with Crippen molar-refractivity contribution in [1.82, 2.24) is 20.1 Å². The Bertz CT molecular complexity index is 1060. The number of carbonyl (C=O) groups is 2. The molecule has 0 spiro atoms. The number of thioether (sulfide) groups is 1. The van der Waals surface area contributed by atoms with E-state index in [1.165, 1.54) is 11.8 Å². The summed E-state index contributed by atoms with van der Waals surface area (Å²) in [5.41, 5.74) is 4.80. The van der Waals surface area contributed by atoms with Gasteiger partial charge in [0, 0.05) is 18.3 Å². The Labute approximate surface area is 173 Å². The summed E-state index contributed by atoms with van der Waals surface area (Å²) in [6, 6.07) is 13.0. The monoisotopic (exact) mass is 409 g/mol.